The number of carbonyl (C=O) groups is 1. The van der Waals surface area contributed by atoms with Crippen LogP contribution in [0, 0.1) is 0 Å². The highest BCUT2D eigenvalue weighted by Crippen LogP contribution is 2.24. The SMILES string of the molecule is O=C(c1ccc(Cl)cc1Cl)N1CCC(Oc2cnsn2)C1. The van der Waals surface area contributed by atoms with E-state index in [1.165, 1.54) is 0 Å². The van der Waals surface area contributed by atoms with E-state index in [0.717, 1.165) is 18.1 Å². The van der Waals surface area contributed by atoms with E-state index in [-0.39, 0.29) is 12.0 Å². The standard InChI is InChI=1S/C13H11Cl2N3O2S/c14-8-1-2-10(11(15)5-8)13(19)18-4-3-9(7-18)20-12-6-16-21-17-12/h1-2,5-6,9H,3-4,7H2. The van der Waals surface area contributed by atoms with E-state index in [4.69, 9.17) is 27.9 Å². The van der Waals surface area contributed by atoms with Crippen LogP contribution in [0.15, 0.2) is 24.4 Å². The van der Waals surface area contributed by atoms with Gasteiger partial charge in [0.25, 0.3) is 5.91 Å². The fourth-order valence-corrected chi connectivity index (χ4v) is 3.07. The van der Waals surface area contributed by atoms with Crippen LogP contribution >= 0.6 is 34.9 Å². The van der Waals surface area contributed by atoms with E-state index in [2.05, 4.69) is 8.75 Å². The Morgan fingerprint density at radius 1 is 1.43 bits per heavy atom. The van der Waals surface area contributed by atoms with Gasteiger partial charge in [-0.15, -0.1) is 4.37 Å². The van der Waals surface area contributed by atoms with E-state index in [1.807, 2.05) is 0 Å². The highest BCUT2D eigenvalue weighted by atomic mass is 35.5. The third-order valence-electron chi connectivity index (χ3n) is 3.22. The van der Waals surface area contributed by atoms with Gasteiger partial charge >= 0.3 is 0 Å². The molecule has 3 rings (SSSR count). The summed E-state index contributed by atoms with van der Waals surface area (Å²) in [5.74, 6) is 0.392. The van der Waals surface area contributed by atoms with Crippen molar-refractivity contribution >= 4 is 40.8 Å². The number of rotatable bonds is 3. The number of hydrogen-bond donors (Lipinski definition) is 0. The molecule has 0 aliphatic carbocycles. The fraction of sp³-hybridized carbons (Fsp3) is 0.308. The van der Waals surface area contributed by atoms with Crippen LogP contribution in [0.3, 0.4) is 0 Å². The Hall–Kier alpha value is -1.37. The second kappa shape index (κ2) is 6.17. The van der Waals surface area contributed by atoms with Gasteiger partial charge in [-0.2, -0.15) is 4.37 Å². The molecular weight excluding hydrogens is 333 g/mol. The molecule has 110 valence electrons. The lowest BCUT2D eigenvalue weighted by Crippen LogP contribution is -2.31. The quantitative estimate of drug-likeness (QED) is 0.858. The predicted molar refractivity (Wildman–Crippen MR) is 81.3 cm³/mol. The van der Waals surface area contributed by atoms with Gasteiger partial charge in [-0.1, -0.05) is 23.2 Å². The highest BCUT2D eigenvalue weighted by Gasteiger charge is 2.29. The molecule has 1 amide bonds. The minimum atomic E-state index is -0.112. The van der Waals surface area contributed by atoms with Crippen molar-refractivity contribution in [3.8, 4) is 5.88 Å². The lowest BCUT2D eigenvalue weighted by molar-refractivity contribution is 0.0771. The monoisotopic (exact) mass is 343 g/mol. The number of halogens is 2. The number of aromatic nitrogens is 2. The summed E-state index contributed by atoms with van der Waals surface area (Å²) in [6.45, 7) is 1.13. The summed E-state index contributed by atoms with van der Waals surface area (Å²) < 4.78 is 13.6. The Morgan fingerprint density at radius 2 is 2.29 bits per heavy atom. The third-order valence-corrected chi connectivity index (χ3v) is 4.23. The summed E-state index contributed by atoms with van der Waals surface area (Å²) in [4.78, 5) is 14.2. The largest absolute Gasteiger partial charge is 0.471 e. The van der Waals surface area contributed by atoms with Crippen molar-refractivity contribution < 1.29 is 9.53 Å². The number of carbonyl (C=O) groups excluding carboxylic acids is 1. The highest BCUT2D eigenvalue weighted by molar-refractivity contribution is 6.99. The zero-order valence-electron chi connectivity index (χ0n) is 10.8. The van der Waals surface area contributed by atoms with Gasteiger partial charge in [0, 0.05) is 18.0 Å². The van der Waals surface area contributed by atoms with E-state index in [1.54, 1.807) is 29.3 Å². The fourth-order valence-electron chi connectivity index (χ4n) is 2.22. The summed E-state index contributed by atoms with van der Waals surface area (Å²) in [6.07, 6.45) is 2.27. The van der Waals surface area contributed by atoms with E-state index < -0.39 is 0 Å². The van der Waals surface area contributed by atoms with Crippen LogP contribution in [0.2, 0.25) is 10.0 Å². The molecule has 1 aromatic heterocycles. The van der Waals surface area contributed by atoms with Crippen LogP contribution in [-0.4, -0.2) is 38.7 Å². The smallest absolute Gasteiger partial charge is 0.255 e. The average molecular weight is 344 g/mol. The molecule has 1 aliphatic rings. The first-order valence-corrected chi connectivity index (χ1v) is 7.80. The van der Waals surface area contributed by atoms with E-state index in [0.29, 0.717) is 34.6 Å². The number of ether oxygens (including phenoxy) is 1. The van der Waals surface area contributed by atoms with E-state index >= 15 is 0 Å². The van der Waals surface area contributed by atoms with Crippen molar-refractivity contribution in [3.05, 3.63) is 40.0 Å². The summed E-state index contributed by atoms with van der Waals surface area (Å²) in [7, 11) is 0. The maximum Gasteiger partial charge on any atom is 0.255 e. The van der Waals surface area contributed by atoms with Crippen molar-refractivity contribution in [1.82, 2.24) is 13.6 Å². The first kappa shape index (κ1) is 14.6. The van der Waals surface area contributed by atoms with Gasteiger partial charge in [0.2, 0.25) is 5.88 Å². The summed E-state index contributed by atoms with van der Waals surface area (Å²) in [5, 5.41) is 0.871. The molecule has 0 saturated carbocycles. The van der Waals surface area contributed by atoms with Crippen LogP contribution in [0.1, 0.15) is 16.8 Å². The van der Waals surface area contributed by atoms with Crippen LogP contribution < -0.4 is 4.74 Å². The van der Waals surface area contributed by atoms with Gasteiger partial charge in [-0.05, 0) is 18.2 Å². The maximum absolute atomic E-state index is 12.4. The molecule has 1 unspecified atom stereocenters. The lowest BCUT2D eigenvalue weighted by Gasteiger charge is -2.17. The Labute approximate surface area is 135 Å². The predicted octanol–water partition coefficient (Wildman–Crippen LogP) is 3.14. The Kier molecular flexibility index (Phi) is 4.28. The molecule has 1 saturated heterocycles. The molecule has 0 radical (unpaired) electrons. The normalized spacial score (nSPS) is 18.0. The van der Waals surface area contributed by atoms with Crippen LogP contribution in [0.5, 0.6) is 5.88 Å². The number of hydrogen-bond acceptors (Lipinski definition) is 5. The molecule has 21 heavy (non-hydrogen) atoms. The van der Waals surface area contributed by atoms with Crippen molar-refractivity contribution in [2.45, 2.75) is 12.5 Å². The van der Waals surface area contributed by atoms with Gasteiger partial charge in [-0.25, -0.2) is 0 Å². The van der Waals surface area contributed by atoms with Crippen molar-refractivity contribution in [1.29, 1.82) is 0 Å². The molecule has 2 heterocycles. The minimum Gasteiger partial charge on any atom is -0.471 e. The Bertz CT molecular complexity index is 651. The average Bonchev–Trinajstić information content (AvgIpc) is 3.10. The van der Waals surface area contributed by atoms with Gasteiger partial charge in [-0.3, -0.25) is 4.79 Å². The molecule has 1 aromatic carbocycles. The molecular formula is C13H11Cl2N3O2S. The summed E-state index contributed by atoms with van der Waals surface area (Å²) in [6, 6.07) is 4.87. The number of amides is 1. The maximum atomic E-state index is 12.4. The van der Waals surface area contributed by atoms with Crippen LogP contribution in [0.25, 0.3) is 0 Å². The van der Waals surface area contributed by atoms with Crippen LogP contribution in [0.4, 0.5) is 0 Å². The summed E-state index contributed by atoms with van der Waals surface area (Å²) in [5.41, 5.74) is 0.456. The second-order valence-corrected chi connectivity index (χ2v) is 6.05. The zero-order valence-corrected chi connectivity index (χ0v) is 13.2. The number of nitrogens with zero attached hydrogens (tertiary/aromatic N) is 3. The molecule has 1 atom stereocenters. The summed E-state index contributed by atoms with van der Waals surface area (Å²) >= 11 is 13.0. The Morgan fingerprint density at radius 3 is 3.00 bits per heavy atom. The lowest BCUT2D eigenvalue weighted by atomic mass is 10.2. The molecule has 1 aliphatic heterocycles. The Balaban J connectivity index is 1.66. The van der Waals surface area contributed by atoms with Gasteiger partial charge in [0.05, 0.1) is 28.9 Å². The number of benzene rings is 1. The first-order chi connectivity index (χ1) is 10.1. The topological polar surface area (TPSA) is 55.3 Å². The molecule has 5 nitrogen and oxygen atoms in total. The molecule has 0 spiro atoms. The van der Waals surface area contributed by atoms with Crippen molar-refractivity contribution in [2.24, 2.45) is 0 Å². The molecule has 2 aromatic rings. The minimum absolute atomic E-state index is 0.0658. The second-order valence-electron chi connectivity index (χ2n) is 4.65. The molecule has 1 fully saturated rings. The zero-order chi connectivity index (χ0) is 14.8. The van der Waals surface area contributed by atoms with Crippen molar-refractivity contribution in [2.75, 3.05) is 13.1 Å². The first-order valence-electron chi connectivity index (χ1n) is 6.32. The van der Waals surface area contributed by atoms with E-state index in [9.17, 15) is 4.79 Å². The molecule has 8 heteroatoms. The third kappa shape index (κ3) is 3.28. The van der Waals surface area contributed by atoms with Crippen LogP contribution in [-0.2, 0) is 0 Å². The molecule has 0 bridgehead atoms. The number of likely N-dealkylation sites (tertiary alicyclic amines) is 1. The molecule has 0 N–H and O–H groups in total. The van der Waals surface area contributed by atoms with Gasteiger partial charge in [0.1, 0.15) is 12.3 Å². The van der Waals surface area contributed by atoms with Crippen molar-refractivity contribution in [3.63, 3.8) is 0 Å². The van der Waals surface area contributed by atoms with Gasteiger partial charge in [0.15, 0.2) is 0 Å². The van der Waals surface area contributed by atoms with Gasteiger partial charge < -0.3 is 9.64 Å².